The molecule has 1 saturated carbocycles. The number of ether oxygens (including phenoxy) is 1. The van der Waals surface area contributed by atoms with Gasteiger partial charge in [-0.3, -0.25) is 0 Å². The van der Waals surface area contributed by atoms with Crippen molar-refractivity contribution in [2.24, 2.45) is 5.92 Å². The summed E-state index contributed by atoms with van der Waals surface area (Å²) >= 11 is 0. The molecule has 114 valence electrons. The standard InChI is InChI=1S/C17H25N3O/c1-3-5-12-8-10-13(11-9-12)20-14-6-4-7-15(21-2)16(14)19-17(20)18/h4,6-7,12-13H,3,5,8-11H2,1-2H3,(H2,18,19). The number of imidazole rings is 1. The molecule has 0 radical (unpaired) electrons. The van der Waals surface area contributed by atoms with Crippen LogP contribution in [0.15, 0.2) is 18.2 Å². The minimum Gasteiger partial charge on any atom is -0.494 e. The molecule has 1 aromatic heterocycles. The SMILES string of the molecule is CCCC1CCC(n2c(N)nc3c(OC)cccc32)CC1. The molecule has 4 heteroatoms. The second-order valence-corrected chi connectivity index (χ2v) is 6.13. The van der Waals surface area contributed by atoms with Crippen molar-refractivity contribution in [2.45, 2.75) is 51.5 Å². The van der Waals surface area contributed by atoms with Gasteiger partial charge in [0.2, 0.25) is 5.95 Å². The highest BCUT2D eigenvalue weighted by Gasteiger charge is 2.25. The van der Waals surface area contributed by atoms with E-state index in [-0.39, 0.29) is 0 Å². The predicted molar refractivity (Wildman–Crippen MR) is 86.6 cm³/mol. The van der Waals surface area contributed by atoms with Crippen molar-refractivity contribution in [1.82, 2.24) is 9.55 Å². The van der Waals surface area contributed by atoms with Crippen LogP contribution in [0.2, 0.25) is 0 Å². The third-order valence-electron chi connectivity index (χ3n) is 4.81. The predicted octanol–water partition coefficient (Wildman–Crippen LogP) is 4.16. The normalized spacial score (nSPS) is 22.6. The molecule has 21 heavy (non-hydrogen) atoms. The first-order valence-corrected chi connectivity index (χ1v) is 8.05. The molecule has 4 nitrogen and oxygen atoms in total. The largest absolute Gasteiger partial charge is 0.494 e. The molecule has 1 aliphatic rings. The van der Waals surface area contributed by atoms with Crippen molar-refractivity contribution in [2.75, 3.05) is 12.8 Å². The fourth-order valence-electron chi connectivity index (χ4n) is 3.76. The number of methoxy groups -OCH3 is 1. The molecular formula is C17H25N3O. The smallest absolute Gasteiger partial charge is 0.201 e. The first kappa shape index (κ1) is 14.2. The minimum absolute atomic E-state index is 0.482. The highest BCUT2D eigenvalue weighted by atomic mass is 16.5. The van der Waals surface area contributed by atoms with Gasteiger partial charge in [-0.05, 0) is 43.7 Å². The zero-order chi connectivity index (χ0) is 14.8. The number of para-hydroxylation sites is 1. The number of hydrogen-bond donors (Lipinski definition) is 1. The molecule has 2 N–H and O–H groups in total. The Morgan fingerprint density at radius 2 is 2.05 bits per heavy atom. The van der Waals surface area contributed by atoms with Crippen LogP contribution < -0.4 is 10.5 Å². The number of anilines is 1. The van der Waals surface area contributed by atoms with Crippen LogP contribution >= 0.6 is 0 Å². The number of benzene rings is 1. The number of nitrogens with zero attached hydrogens (tertiary/aromatic N) is 2. The Labute approximate surface area is 126 Å². The molecule has 0 atom stereocenters. The lowest BCUT2D eigenvalue weighted by Crippen LogP contribution is -2.19. The lowest BCUT2D eigenvalue weighted by Gasteiger charge is -2.30. The van der Waals surface area contributed by atoms with Crippen LogP contribution in [0.1, 0.15) is 51.5 Å². The zero-order valence-corrected chi connectivity index (χ0v) is 13.0. The Morgan fingerprint density at radius 1 is 1.29 bits per heavy atom. The van der Waals surface area contributed by atoms with E-state index in [1.54, 1.807) is 7.11 Å². The Morgan fingerprint density at radius 3 is 2.71 bits per heavy atom. The summed E-state index contributed by atoms with van der Waals surface area (Å²) in [6.07, 6.45) is 7.68. The number of hydrogen-bond acceptors (Lipinski definition) is 3. The van der Waals surface area contributed by atoms with Gasteiger partial charge in [0.25, 0.3) is 0 Å². The van der Waals surface area contributed by atoms with Gasteiger partial charge in [0.15, 0.2) is 0 Å². The summed E-state index contributed by atoms with van der Waals surface area (Å²) in [5.74, 6) is 2.32. The summed E-state index contributed by atoms with van der Waals surface area (Å²) in [7, 11) is 1.68. The second-order valence-electron chi connectivity index (χ2n) is 6.13. The maximum atomic E-state index is 6.20. The topological polar surface area (TPSA) is 53.1 Å². The molecule has 1 aliphatic carbocycles. The number of nitrogens with two attached hydrogens (primary N) is 1. The highest BCUT2D eigenvalue weighted by molar-refractivity contribution is 5.84. The van der Waals surface area contributed by atoms with Crippen LogP contribution in [0.5, 0.6) is 5.75 Å². The van der Waals surface area contributed by atoms with Crippen molar-refractivity contribution in [3.63, 3.8) is 0 Å². The average Bonchev–Trinajstić information content (AvgIpc) is 2.84. The number of nitrogen functional groups attached to an aromatic ring is 1. The van der Waals surface area contributed by atoms with E-state index in [1.807, 2.05) is 12.1 Å². The maximum Gasteiger partial charge on any atom is 0.201 e. The molecule has 0 spiro atoms. The van der Waals surface area contributed by atoms with E-state index in [0.717, 1.165) is 22.7 Å². The van der Waals surface area contributed by atoms with Crippen molar-refractivity contribution in [1.29, 1.82) is 0 Å². The lowest BCUT2D eigenvalue weighted by atomic mass is 9.83. The number of aromatic nitrogens is 2. The van der Waals surface area contributed by atoms with E-state index >= 15 is 0 Å². The van der Waals surface area contributed by atoms with Crippen LogP contribution in [0.3, 0.4) is 0 Å². The monoisotopic (exact) mass is 287 g/mol. The number of fused-ring (bicyclic) bond motifs is 1. The van der Waals surface area contributed by atoms with Gasteiger partial charge in [0.05, 0.1) is 12.6 Å². The molecule has 0 saturated heterocycles. The van der Waals surface area contributed by atoms with E-state index in [4.69, 9.17) is 10.5 Å². The van der Waals surface area contributed by atoms with Crippen LogP contribution in [0.25, 0.3) is 11.0 Å². The third kappa shape index (κ3) is 2.59. The van der Waals surface area contributed by atoms with Gasteiger partial charge in [0.1, 0.15) is 11.3 Å². The van der Waals surface area contributed by atoms with Crippen LogP contribution in [0, 0.1) is 5.92 Å². The second kappa shape index (κ2) is 5.96. The number of rotatable bonds is 4. The Balaban J connectivity index is 1.89. The van der Waals surface area contributed by atoms with Crippen LogP contribution in [-0.4, -0.2) is 16.7 Å². The quantitative estimate of drug-likeness (QED) is 0.918. The van der Waals surface area contributed by atoms with Crippen LogP contribution in [0.4, 0.5) is 5.95 Å². The molecule has 0 bridgehead atoms. The Hall–Kier alpha value is -1.71. The highest BCUT2D eigenvalue weighted by Crippen LogP contribution is 2.38. The Kier molecular flexibility index (Phi) is 4.04. The van der Waals surface area contributed by atoms with Crippen molar-refractivity contribution >= 4 is 17.0 Å². The summed E-state index contributed by atoms with van der Waals surface area (Å²) in [6.45, 7) is 2.28. The van der Waals surface area contributed by atoms with Gasteiger partial charge in [-0.25, -0.2) is 4.98 Å². The zero-order valence-electron chi connectivity index (χ0n) is 13.0. The fraction of sp³-hybridized carbons (Fsp3) is 0.588. The molecule has 0 aliphatic heterocycles. The molecule has 1 fully saturated rings. The molecule has 1 aromatic carbocycles. The minimum atomic E-state index is 0.482. The van der Waals surface area contributed by atoms with E-state index in [9.17, 15) is 0 Å². The van der Waals surface area contributed by atoms with E-state index < -0.39 is 0 Å². The molecular weight excluding hydrogens is 262 g/mol. The molecule has 1 heterocycles. The summed E-state index contributed by atoms with van der Waals surface area (Å²) in [5.41, 5.74) is 8.18. The Bertz CT molecular complexity index is 612. The van der Waals surface area contributed by atoms with E-state index in [2.05, 4.69) is 22.5 Å². The fourth-order valence-corrected chi connectivity index (χ4v) is 3.76. The van der Waals surface area contributed by atoms with Gasteiger partial charge in [-0.2, -0.15) is 0 Å². The summed E-state index contributed by atoms with van der Waals surface area (Å²) in [6, 6.07) is 6.54. The van der Waals surface area contributed by atoms with E-state index in [0.29, 0.717) is 12.0 Å². The van der Waals surface area contributed by atoms with Crippen molar-refractivity contribution < 1.29 is 4.74 Å². The first-order chi connectivity index (χ1) is 10.2. The van der Waals surface area contributed by atoms with Gasteiger partial charge in [-0.15, -0.1) is 0 Å². The van der Waals surface area contributed by atoms with Crippen molar-refractivity contribution in [3.8, 4) is 5.75 Å². The molecule has 2 aromatic rings. The maximum absolute atomic E-state index is 6.20. The summed E-state index contributed by atoms with van der Waals surface area (Å²) < 4.78 is 7.62. The molecule has 0 unspecified atom stereocenters. The van der Waals surface area contributed by atoms with Crippen molar-refractivity contribution in [3.05, 3.63) is 18.2 Å². The summed E-state index contributed by atoms with van der Waals surface area (Å²) in [4.78, 5) is 4.53. The third-order valence-corrected chi connectivity index (χ3v) is 4.81. The van der Waals surface area contributed by atoms with Gasteiger partial charge in [0, 0.05) is 6.04 Å². The lowest BCUT2D eigenvalue weighted by molar-refractivity contribution is 0.267. The first-order valence-electron chi connectivity index (χ1n) is 8.05. The van der Waals surface area contributed by atoms with Gasteiger partial charge < -0.3 is 15.0 Å². The van der Waals surface area contributed by atoms with Gasteiger partial charge in [-0.1, -0.05) is 25.8 Å². The average molecular weight is 287 g/mol. The molecule has 3 rings (SSSR count). The van der Waals surface area contributed by atoms with E-state index in [1.165, 1.54) is 38.5 Å². The summed E-state index contributed by atoms with van der Waals surface area (Å²) in [5, 5.41) is 0. The van der Waals surface area contributed by atoms with Crippen LogP contribution in [-0.2, 0) is 0 Å². The van der Waals surface area contributed by atoms with Gasteiger partial charge >= 0.3 is 0 Å². The molecule has 0 amide bonds.